The molecule has 0 N–H and O–H groups in total. The summed E-state index contributed by atoms with van der Waals surface area (Å²) in [7, 11) is 0. The van der Waals surface area contributed by atoms with E-state index in [2.05, 4.69) is 25.0 Å². The molecule has 1 amide bonds. The zero-order valence-corrected chi connectivity index (χ0v) is 15.1. The van der Waals surface area contributed by atoms with Crippen molar-refractivity contribution in [2.75, 3.05) is 24.5 Å². The summed E-state index contributed by atoms with van der Waals surface area (Å²) in [5.74, 6) is 2.45. The van der Waals surface area contributed by atoms with Crippen LogP contribution in [0.3, 0.4) is 0 Å². The Kier molecular flexibility index (Phi) is 3.63. The average molecular weight is 370 g/mol. The summed E-state index contributed by atoms with van der Waals surface area (Å²) in [6.07, 6.45) is 3.44. The molecule has 8 nitrogen and oxygen atoms in total. The number of hydrogen-bond acceptors (Lipinski definition) is 8. The zero-order chi connectivity index (χ0) is 17.7. The summed E-state index contributed by atoms with van der Waals surface area (Å²) in [5.41, 5.74) is 0. The molecule has 2 fully saturated rings. The third kappa shape index (κ3) is 2.45. The highest BCUT2D eigenvalue weighted by Gasteiger charge is 2.41. The molecule has 0 aliphatic carbocycles. The van der Waals surface area contributed by atoms with E-state index in [1.165, 1.54) is 0 Å². The van der Waals surface area contributed by atoms with E-state index in [0.29, 0.717) is 24.8 Å². The Morgan fingerprint density at radius 2 is 2.23 bits per heavy atom. The van der Waals surface area contributed by atoms with Crippen molar-refractivity contribution in [2.24, 2.45) is 0 Å². The summed E-state index contributed by atoms with van der Waals surface area (Å²) in [6.45, 7) is 3.93. The molecule has 5 heterocycles. The molecular weight excluding hydrogens is 352 g/mol. The number of aryl methyl sites for hydroxylation is 1. The fourth-order valence-corrected chi connectivity index (χ4v) is 4.51. The lowest BCUT2D eigenvalue weighted by atomic mass is 9.98. The van der Waals surface area contributed by atoms with Crippen LogP contribution >= 0.6 is 11.3 Å². The molecule has 134 valence electrons. The fourth-order valence-electron chi connectivity index (χ4n) is 3.79. The highest BCUT2D eigenvalue weighted by atomic mass is 32.1. The monoisotopic (exact) mass is 370 g/mol. The topological polar surface area (TPSA) is 88.3 Å². The molecule has 0 unspecified atom stereocenters. The van der Waals surface area contributed by atoms with Gasteiger partial charge in [-0.05, 0) is 31.2 Å². The fraction of sp³-hybridized carbons (Fsp3) is 0.471. The van der Waals surface area contributed by atoms with E-state index in [9.17, 15) is 4.79 Å². The molecule has 9 heteroatoms. The van der Waals surface area contributed by atoms with Gasteiger partial charge >= 0.3 is 0 Å². The standard InChI is InChI=1S/C17H18N6O2S/c1-10-20-15(25-21-10)11-7-22(8-11)17(24)13-3-2-5-23(13)14-12-4-6-26-16(12)19-9-18-14/h4,6,9,11,13H,2-3,5,7-8H2,1H3/t13-/m0/s1. The molecule has 0 aromatic carbocycles. The molecule has 5 rings (SSSR count). The SMILES string of the molecule is Cc1noc(C2CN(C(=O)[C@@H]3CCCN3c3ncnc4sccc34)C2)n1. The summed E-state index contributed by atoms with van der Waals surface area (Å²) in [5, 5.41) is 6.88. The van der Waals surface area contributed by atoms with Crippen LogP contribution in [0.25, 0.3) is 10.2 Å². The summed E-state index contributed by atoms with van der Waals surface area (Å²) in [6, 6.07) is 1.88. The van der Waals surface area contributed by atoms with Gasteiger partial charge in [0.05, 0.1) is 11.3 Å². The first-order chi connectivity index (χ1) is 12.7. The Bertz CT molecular complexity index is 963. The maximum Gasteiger partial charge on any atom is 0.245 e. The zero-order valence-electron chi connectivity index (χ0n) is 14.3. The molecule has 1 atom stereocenters. The van der Waals surface area contributed by atoms with E-state index in [-0.39, 0.29) is 17.9 Å². The van der Waals surface area contributed by atoms with Crippen LogP contribution in [-0.2, 0) is 4.79 Å². The van der Waals surface area contributed by atoms with Crippen LogP contribution < -0.4 is 4.90 Å². The number of carbonyl (C=O) groups is 1. The van der Waals surface area contributed by atoms with Crippen molar-refractivity contribution in [3.63, 3.8) is 0 Å². The van der Waals surface area contributed by atoms with Crippen molar-refractivity contribution < 1.29 is 9.32 Å². The predicted octanol–water partition coefficient (Wildman–Crippen LogP) is 1.98. The second kappa shape index (κ2) is 6.01. The van der Waals surface area contributed by atoms with Gasteiger partial charge < -0.3 is 14.3 Å². The Balaban J connectivity index is 1.33. The summed E-state index contributed by atoms with van der Waals surface area (Å²) >= 11 is 1.60. The van der Waals surface area contributed by atoms with Gasteiger partial charge in [0.25, 0.3) is 0 Å². The van der Waals surface area contributed by atoms with Crippen molar-refractivity contribution in [2.45, 2.75) is 31.7 Å². The number of aromatic nitrogens is 4. The van der Waals surface area contributed by atoms with Crippen LogP contribution in [0.15, 0.2) is 22.3 Å². The minimum absolute atomic E-state index is 0.151. The van der Waals surface area contributed by atoms with Gasteiger partial charge in [-0.1, -0.05) is 5.16 Å². The molecule has 0 spiro atoms. The maximum absolute atomic E-state index is 13.0. The predicted molar refractivity (Wildman–Crippen MR) is 96.1 cm³/mol. The van der Waals surface area contributed by atoms with Gasteiger partial charge in [0.15, 0.2) is 5.82 Å². The highest BCUT2D eigenvalue weighted by Crippen LogP contribution is 2.34. The van der Waals surface area contributed by atoms with Gasteiger partial charge in [0.2, 0.25) is 11.8 Å². The molecule has 26 heavy (non-hydrogen) atoms. The number of rotatable bonds is 3. The largest absolute Gasteiger partial charge is 0.344 e. The van der Waals surface area contributed by atoms with E-state index >= 15 is 0 Å². The Morgan fingerprint density at radius 1 is 1.35 bits per heavy atom. The second-order valence-corrected chi connectivity index (χ2v) is 7.70. The van der Waals surface area contributed by atoms with E-state index in [4.69, 9.17) is 4.52 Å². The van der Waals surface area contributed by atoms with Crippen LogP contribution in [0.1, 0.15) is 30.5 Å². The first kappa shape index (κ1) is 15.7. The van der Waals surface area contributed by atoms with Crippen LogP contribution in [0.2, 0.25) is 0 Å². The Labute approximate surface area is 153 Å². The number of amides is 1. The quantitative estimate of drug-likeness (QED) is 0.696. The lowest BCUT2D eigenvalue weighted by Gasteiger charge is -2.40. The van der Waals surface area contributed by atoms with Crippen LogP contribution in [0, 0.1) is 6.92 Å². The molecule has 0 bridgehead atoms. The number of hydrogen-bond donors (Lipinski definition) is 0. The van der Waals surface area contributed by atoms with E-state index < -0.39 is 0 Å². The van der Waals surface area contributed by atoms with Crippen molar-refractivity contribution in [3.05, 3.63) is 29.5 Å². The van der Waals surface area contributed by atoms with Crippen LogP contribution in [0.5, 0.6) is 0 Å². The molecular formula is C17H18N6O2S. The van der Waals surface area contributed by atoms with E-state index in [0.717, 1.165) is 35.4 Å². The molecule has 0 saturated carbocycles. The average Bonchev–Trinajstić information content (AvgIpc) is 3.33. The first-order valence-electron chi connectivity index (χ1n) is 8.74. The van der Waals surface area contributed by atoms with Gasteiger partial charge in [-0.15, -0.1) is 11.3 Å². The van der Waals surface area contributed by atoms with Gasteiger partial charge in [-0.3, -0.25) is 4.79 Å². The molecule has 0 radical (unpaired) electrons. The van der Waals surface area contributed by atoms with Gasteiger partial charge in [0, 0.05) is 19.6 Å². The summed E-state index contributed by atoms with van der Waals surface area (Å²) in [4.78, 5) is 31.1. The lowest BCUT2D eigenvalue weighted by molar-refractivity contribution is -0.137. The summed E-state index contributed by atoms with van der Waals surface area (Å²) < 4.78 is 5.23. The van der Waals surface area contributed by atoms with Gasteiger partial charge in [0.1, 0.15) is 23.0 Å². The van der Waals surface area contributed by atoms with Crippen LogP contribution in [-0.4, -0.2) is 56.6 Å². The van der Waals surface area contributed by atoms with Crippen molar-refractivity contribution in [3.8, 4) is 0 Å². The number of anilines is 1. The number of fused-ring (bicyclic) bond motifs is 1. The molecule has 3 aromatic heterocycles. The third-order valence-electron chi connectivity index (χ3n) is 5.14. The Hall–Kier alpha value is -2.55. The number of likely N-dealkylation sites (tertiary alicyclic amines) is 1. The third-order valence-corrected chi connectivity index (χ3v) is 5.96. The van der Waals surface area contributed by atoms with Crippen molar-refractivity contribution in [1.29, 1.82) is 0 Å². The van der Waals surface area contributed by atoms with Crippen molar-refractivity contribution >= 4 is 33.3 Å². The van der Waals surface area contributed by atoms with E-state index in [1.54, 1.807) is 24.6 Å². The van der Waals surface area contributed by atoms with Gasteiger partial charge in [-0.2, -0.15) is 4.98 Å². The van der Waals surface area contributed by atoms with Gasteiger partial charge in [-0.25, -0.2) is 9.97 Å². The van der Waals surface area contributed by atoms with Crippen LogP contribution in [0.4, 0.5) is 5.82 Å². The lowest BCUT2D eigenvalue weighted by Crippen LogP contribution is -2.55. The number of thiophene rings is 1. The minimum atomic E-state index is -0.154. The maximum atomic E-state index is 13.0. The highest BCUT2D eigenvalue weighted by molar-refractivity contribution is 7.16. The van der Waals surface area contributed by atoms with E-state index in [1.807, 2.05) is 16.3 Å². The molecule has 2 saturated heterocycles. The number of nitrogens with zero attached hydrogens (tertiary/aromatic N) is 6. The smallest absolute Gasteiger partial charge is 0.245 e. The Morgan fingerprint density at radius 3 is 3.04 bits per heavy atom. The first-order valence-corrected chi connectivity index (χ1v) is 9.62. The molecule has 2 aliphatic rings. The van der Waals surface area contributed by atoms with Crippen molar-refractivity contribution in [1.82, 2.24) is 25.0 Å². The normalized spacial score (nSPS) is 20.7. The minimum Gasteiger partial charge on any atom is -0.344 e. The second-order valence-electron chi connectivity index (χ2n) is 6.81. The number of carbonyl (C=O) groups excluding carboxylic acids is 1. The molecule has 3 aromatic rings. The molecule has 2 aliphatic heterocycles.